The van der Waals surface area contributed by atoms with Crippen LogP contribution in [0, 0.1) is 0 Å². The number of aromatic nitrogens is 1. The summed E-state index contributed by atoms with van der Waals surface area (Å²) in [6.07, 6.45) is 0. The van der Waals surface area contributed by atoms with Gasteiger partial charge in [-0.2, -0.15) is 0 Å². The molecule has 0 aliphatic carbocycles. The van der Waals surface area contributed by atoms with Crippen molar-refractivity contribution in [3.05, 3.63) is 89.4 Å². The summed E-state index contributed by atoms with van der Waals surface area (Å²) in [6, 6.07) is 23.5. The Morgan fingerprint density at radius 1 is 1.00 bits per heavy atom. The van der Waals surface area contributed by atoms with Gasteiger partial charge in [-0.3, -0.25) is 9.59 Å². The number of carbonyl (C=O) groups is 2. The number of nitrogens with one attached hydrogen (secondary N) is 1. The minimum absolute atomic E-state index is 0.108. The van der Waals surface area contributed by atoms with Gasteiger partial charge in [0.1, 0.15) is 5.75 Å². The average molecular weight is 460 g/mol. The first-order valence-corrected chi connectivity index (χ1v) is 10.7. The molecule has 1 heterocycles. The van der Waals surface area contributed by atoms with Crippen molar-refractivity contribution in [3.63, 3.8) is 0 Å². The molecule has 0 saturated carbocycles. The summed E-state index contributed by atoms with van der Waals surface area (Å²) in [5.41, 5.74) is 3.08. The van der Waals surface area contributed by atoms with E-state index in [0.29, 0.717) is 38.6 Å². The Kier molecular flexibility index (Phi) is 6.56. The molecule has 4 aromatic rings. The van der Waals surface area contributed by atoms with E-state index in [0.717, 1.165) is 5.56 Å². The van der Waals surface area contributed by atoms with E-state index in [1.165, 1.54) is 4.90 Å². The van der Waals surface area contributed by atoms with E-state index in [2.05, 4.69) is 5.32 Å². The van der Waals surface area contributed by atoms with Crippen molar-refractivity contribution in [3.8, 4) is 17.0 Å². The highest BCUT2D eigenvalue weighted by molar-refractivity contribution is 6.33. The van der Waals surface area contributed by atoms with Gasteiger partial charge >= 0.3 is 0 Å². The van der Waals surface area contributed by atoms with Gasteiger partial charge in [0.15, 0.2) is 0 Å². The number of hydrogen-bond acceptors (Lipinski definition) is 4. The van der Waals surface area contributed by atoms with Gasteiger partial charge in [-0.25, -0.2) is 4.98 Å². The molecule has 0 fully saturated rings. The zero-order valence-electron chi connectivity index (χ0n) is 18.2. The van der Waals surface area contributed by atoms with Crippen molar-refractivity contribution in [2.75, 3.05) is 26.0 Å². The second-order valence-corrected chi connectivity index (χ2v) is 7.90. The van der Waals surface area contributed by atoms with Gasteiger partial charge in [0.2, 0.25) is 5.91 Å². The molecule has 0 saturated heterocycles. The van der Waals surface area contributed by atoms with E-state index in [-0.39, 0.29) is 18.4 Å². The minimum atomic E-state index is -0.305. The van der Waals surface area contributed by atoms with Crippen LogP contribution in [0.3, 0.4) is 0 Å². The van der Waals surface area contributed by atoms with Crippen LogP contribution in [0.1, 0.15) is 10.4 Å². The Morgan fingerprint density at radius 2 is 1.70 bits per heavy atom. The molecule has 0 aliphatic heterocycles. The number of rotatable bonds is 6. The third kappa shape index (κ3) is 4.96. The number of ether oxygens (including phenoxy) is 1. The summed E-state index contributed by atoms with van der Waals surface area (Å²) in [6.45, 7) is -0.108. The molecule has 0 spiro atoms. The Bertz CT molecular complexity index is 1320. The van der Waals surface area contributed by atoms with Crippen molar-refractivity contribution in [1.29, 1.82) is 0 Å². The molecule has 0 unspecified atom stereocenters. The lowest BCUT2D eigenvalue weighted by Gasteiger charge is -2.19. The highest BCUT2D eigenvalue weighted by Gasteiger charge is 2.20. The number of likely N-dealkylation sites (N-methyl/N-ethyl adjacent to an activating group) is 1. The summed E-state index contributed by atoms with van der Waals surface area (Å²) >= 11 is 6.37. The van der Waals surface area contributed by atoms with Gasteiger partial charge in [-0.1, -0.05) is 48.0 Å². The van der Waals surface area contributed by atoms with Crippen LogP contribution in [-0.4, -0.2) is 42.4 Å². The third-order valence-electron chi connectivity index (χ3n) is 5.20. The topological polar surface area (TPSA) is 71.5 Å². The molecular weight excluding hydrogens is 438 g/mol. The number of pyridine rings is 1. The number of fused-ring (bicyclic) bond motifs is 1. The Labute approximate surface area is 196 Å². The maximum Gasteiger partial charge on any atom is 0.254 e. The lowest BCUT2D eigenvalue weighted by atomic mass is 10.0. The van der Waals surface area contributed by atoms with Gasteiger partial charge in [-0.15, -0.1) is 0 Å². The van der Waals surface area contributed by atoms with E-state index in [1.807, 2.05) is 42.5 Å². The maximum atomic E-state index is 13.4. The number of amides is 2. The SMILES string of the molecule is COc1ccc(NC(=O)CN(C)C(=O)c2cc(-c3ccccc3Cl)nc3ccccc23)cc1. The smallest absolute Gasteiger partial charge is 0.254 e. The maximum absolute atomic E-state index is 13.4. The molecule has 3 aromatic carbocycles. The van der Waals surface area contributed by atoms with E-state index in [1.54, 1.807) is 50.6 Å². The number of benzene rings is 3. The summed E-state index contributed by atoms with van der Waals surface area (Å²) in [4.78, 5) is 32.0. The van der Waals surface area contributed by atoms with Gasteiger partial charge < -0.3 is 15.0 Å². The molecule has 0 radical (unpaired) electrons. The molecule has 1 aromatic heterocycles. The van der Waals surface area contributed by atoms with Gasteiger partial charge in [0, 0.05) is 28.7 Å². The largest absolute Gasteiger partial charge is 0.497 e. The Hall–Kier alpha value is -3.90. The van der Waals surface area contributed by atoms with Gasteiger partial charge in [0.25, 0.3) is 5.91 Å². The summed E-state index contributed by atoms with van der Waals surface area (Å²) in [5, 5.41) is 4.05. The van der Waals surface area contributed by atoms with Crippen molar-refractivity contribution < 1.29 is 14.3 Å². The zero-order chi connectivity index (χ0) is 23.4. The first kappa shape index (κ1) is 22.3. The fourth-order valence-corrected chi connectivity index (χ4v) is 3.76. The van der Waals surface area contributed by atoms with E-state index in [4.69, 9.17) is 21.3 Å². The number of hydrogen-bond donors (Lipinski definition) is 1. The second kappa shape index (κ2) is 9.71. The molecule has 6 nitrogen and oxygen atoms in total. The molecule has 4 rings (SSSR count). The lowest BCUT2D eigenvalue weighted by molar-refractivity contribution is -0.116. The molecular formula is C26H22ClN3O3. The number of methoxy groups -OCH3 is 1. The minimum Gasteiger partial charge on any atom is -0.497 e. The zero-order valence-corrected chi connectivity index (χ0v) is 19.0. The van der Waals surface area contributed by atoms with Crippen molar-refractivity contribution in [2.45, 2.75) is 0 Å². The Balaban J connectivity index is 1.60. The average Bonchev–Trinajstić information content (AvgIpc) is 2.83. The second-order valence-electron chi connectivity index (χ2n) is 7.49. The molecule has 7 heteroatoms. The standard InChI is InChI=1S/C26H22ClN3O3/c1-30(16-25(31)28-17-11-13-18(33-2)14-12-17)26(32)21-15-24(20-8-3-5-9-22(20)27)29-23-10-6-4-7-19(21)23/h3-15H,16H2,1-2H3,(H,28,31). The van der Waals surface area contributed by atoms with Crippen molar-refractivity contribution in [1.82, 2.24) is 9.88 Å². The Morgan fingerprint density at radius 3 is 2.42 bits per heavy atom. The number of carbonyl (C=O) groups excluding carboxylic acids is 2. The molecule has 1 N–H and O–H groups in total. The molecule has 0 aliphatic rings. The normalized spacial score (nSPS) is 10.6. The van der Waals surface area contributed by atoms with E-state index >= 15 is 0 Å². The highest BCUT2D eigenvalue weighted by Crippen LogP contribution is 2.30. The van der Waals surface area contributed by atoms with Crippen LogP contribution in [0.25, 0.3) is 22.2 Å². The molecule has 2 amide bonds. The van der Waals surface area contributed by atoms with Gasteiger partial charge in [-0.05, 0) is 42.5 Å². The predicted molar refractivity (Wildman–Crippen MR) is 131 cm³/mol. The van der Waals surface area contributed by atoms with Crippen LogP contribution in [0.2, 0.25) is 5.02 Å². The molecule has 0 bridgehead atoms. The van der Waals surface area contributed by atoms with E-state index < -0.39 is 0 Å². The van der Waals surface area contributed by atoms with Crippen molar-refractivity contribution in [2.24, 2.45) is 0 Å². The summed E-state index contributed by atoms with van der Waals surface area (Å²) in [5.74, 6) is 0.103. The first-order chi connectivity index (χ1) is 16.0. The molecule has 0 atom stereocenters. The predicted octanol–water partition coefficient (Wildman–Crippen LogP) is 5.27. The number of nitrogens with zero attached hydrogens (tertiary/aromatic N) is 2. The van der Waals surface area contributed by atoms with Crippen LogP contribution in [-0.2, 0) is 4.79 Å². The van der Waals surface area contributed by atoms with Crippen LogP contribution in [0.15, 0.2) is 78.9 Å². The summed E-state index contributed by atoms with van der Waals surface area (Å²) < 4.78 is 5.12. The molecule has 33 heavy (non-hydrogen) atoms. The fourth-order valence-electron chi connectivity index (χ4n) is 3.53. The van der Waals surface area contributed by atoms with Crippen LogP contribution >= 0.6 is 11.6 Å². The first-order valence-electron chi connectivity index (χ1n) is 10.3. The highest BCUT2D eigenvalue weighted by atomic mass is 35.5. The monoisotopic (exact) mass is 459 g/mol. The summed E-state index contributed by atoms with van der Waals surface area (Å²) in [7, 11) is 3.18. The lowest BCUT2D eigenvalue weighted by Crippen LogP contribution is -2.35. The third-order valence-corrected chi connectivity index (χ3v) is 5.53. The van der Waals surface area contributed by atoms with Crippen LogP contribution < -0.4 is 10.1 Å². The van der Waals surface area contributed by atoms with Crippen LogP contribution in [0.5, 0.6) is 5.75 Å². The number of para-hydroxylation sites is 1. The number of anilines is 1. The van der Waals surface area contributed by atoms with Crippen LogP contribution in [0.4, 0.5) is 5.69 Å². The van der Waals surface area contributed by atoms with Gasteiger partial charge in [0.05, 0.1) is 30.4 Å². The van der Waals surface area contributed by atoms with E-state index in [9.17, 15) is 9.59 Å². The quantitative estimate of drug-likeness (QED) is 0.426. The van der Waals surface area contributed by atoms with Crippen molar-refractivity contribution >= 4 is 40.0 Å². The molecule has 166 valence electrons. The fraction of sp³-hybridized carbons (Fsp3) is 0.115. The number of halogens is 1.